The van der Waals surface area contributed by atoms with Gasteiger partial charge >= 0.3 is 6.36 Å². The predicted octanol–water partition coefficient (Wildman–Crippen LogP) is 2.13. The molecular formula is C16H22F3N3O2. The Balaban J connectivity index is 1.87. The molecule has 24 heavy (non-hydrogen) atoms. The summed E-state index contributed by atoms with van der Waals surface area (Å²) >= 11 is 0. The molecule has 1 amide bonds. The second-order valence-corrected chi connectivity index (χ2v) is 5.84. The Morgan fingerprint density at radius 1 is 1.29 bits per heavy atom. The summed E-state index contributed by atoms with van der Waals surface area (Å²) in [6.45, 7) is 4.25. The molecule has 8 heteroatoms. The Kier molecular flexibility index (Phi) is 6.06. The van der Waals surface area contributed by atoms with Gasteiger partial charge in [0.05, 0.1) is 0 Å². The van der Waals surface area contributed by atoms with Crippen LogP contribution in [0.4, 0.5) is 13.2 Å². The fraction of sp³-hybridized carbons (Fsp3) is 0.562. The third-order valence-corrected chi connectivity index (χ3v) is 4.20. The summed E-state index contributed by atoms with van der Waals surface area (Å²) in [6.07, 6.45) is -3.58. The molecule has 1 aliphatic heterocycles. The van der Waals surface area contributed by atoms with E-state index < -0.39 is 6.36 Å². The third-order valence-electron chi connectivity index (χ3n) is 4.20. The quantitative estimate of drug-likeness (QED) is 0.739. The van der Waals surface area contributed by atoms with Crippen LogP contribution in [0, 0.1) is 5.92 Å². The molecule has 1 heterocycles. The zero-order valence-electron chi connectivity index (χ0n) is 13.6. The molecule has 0 radical (unpaired) electrons. The van der Waals surface area contributed by atoms with Crippen LogP contribution >= 0.6 is 0 Å². The minimum atomic E-state index is -4.73. The van der Waals surface area contributed by atoms with Crippen LogP contribution < -0.4 is 20.9 Å². The lowest BCUT2D eigenvalue weighted by Crippen LogP contribution is -2.45. The Hall–Kier alpha value is -1.80. The third kappa shape index (κ3) is 4.85. The monoisotopic (exact) mass is 345 g/mol. The van der Waals surface area contributed by atoms with Gasteiger partial charge in [-0.3, -0.25) is 10.2 Å². The Morgan fingerprint density at radius 3 is 2.62 bits per heavy atom. The maximum atomic E-state index is 12.4. The van der Waals surface area contributed by atoms with Crippen LogP contribution in [0.15, 0.2) is 24.3 Å². The summed E-state index contributed by atoms with van der Waals surface area (Å²) in [4.78, 5) is 12.2. The van der Waals surface area contributed by atoms with E-state index in [4.69, 9.17) is 0 Å². The molecule has 1 fully saturated rings. The van der Waals surface area contributed by atoms with Crippen LogP contribution in [0.3, 0.4) is 0 Å². The van der Waals surface area contributed by atoms with E-state index in [0.29, 0.717) is 5.56 Å². The molecule has 0 aliphatic carbocycles. The first-order chi connectivity index (χ1) is 11.3. The molecule has 1 aromatic rings. The number of ether oxygens (including phenoxy) is 1. The molecule has 0 bridgehead atoms. The molecule has 2 rings (SSSR count). The number of carbonyl (C=O) groups excluding carboxylic acids is 1. The van der Waals surface area contributed by atoms with Crippen LogP contribution in [-0.4, -0.2) is 30.9 Å². The van der Waals surface area contributed by atoms with Crippen molar-refractivity contribution in [3.8, 4) is 5.75 Å². The van der Waals surface area contributed by atoms with E-state index in [1.165, 1.54) is 12.1 Å². The summed E-state index contributed by atoms with van der Waals surface area (Å²) in [6, 6.07) is 5.80. The van der Waals surface area contributed by atoms with Gasteiger partial charge in [-0.2, -0.15) is 0 Å². The highest BCUT2D eigenvalue weighted by Crippen LogP contribution is 2.26. The Morgan fingerprint density at radius 2 is 2.00 bits per heavy atom. The summed E-state index contributed by atoms with van der Waals surface area (Å²) in [5.41, 5.74) is 6.43. The number of hydrogen-bond donors (Lipinski definition) is 3. The van der Waals surface area contributed by atoms with Crippen LogP contribution in [0.1, 0.15) is 25.8 Å². The summed E-state index contributed by atoms with van der Waals surface area (Å²) in [5.74, 6) is -0.268. The predicted molar refractivity (Wildman–Crippen MR) is 83.1 cm³/mol. The first-order valence-electron chi connectivity index (χ1n) is 7.94. The maximum Gasteiger partial charge on any atom is 0.573 e. The lowest BCUT2D eigenvalue weighted by atomic mass is 9.94. The molecule has 1 aliphatic rings. The first kappa shape index (κ1) is 18.5. The van der Waals surface area contributed by atoms with Gasteiger partial charge in [-0.25, -0.2) is 5.43 Å². The smallest absolute Gasteiger partial charge is 0.406 e. The van der Waals surface area contributed by atoms with Gasteiger partial charge < -0.3 is 10.1 Å². The van der Waals surface area contributed by atoms with Gasteiger partial charge in [0.25, 0.3) is 0 Å². The SMILES string of the molecule is CCC1NNC(C(=O)NCCc2ccccc2OC(F)(F)F)C1C. The number of para-hydroxylation sites is 1. The summed E-state index contributed by atoms with van der Waals surface area (Å²) in [7, 11) is 0. The van der Waals surface area contributed by atoms with Crippen molar-refractivity contribution in [1.29, 1.82) is 0 Å². The zero-order chi connectivity index (χ0) is 17.7. The molecule has 5 nitrogen and oxygen atoms in total. The summed E-state index contributed by atoms with van der Waals surface area (Å²) < 4.78 is 41.1. The molecule has 3 atom stereocenters. The minimum absolute atomic E-state index is 0.135. The largest absolute Gasteiger partial charge is 0.573 e. The van der Waals surface area contributed by atoms with Crippen LogP contribution in [-0.2, 0) is 11.2 Å². The van der Waals surface area contributed by atoms with E-state index in [1.807, 2.05) is 13.8 Å². The van der Waals surface area contributed by atoms with Crippen LogP contribution in [0.2, 0.25) is 0 Å². The number of benzene rings is 1. The number of rotatable bonds is 6. The highest BCUT2D eigenvalue weighted by Gasteiger charge is 2.35. The van der Waals surface area contributed by atoms with Crippen molar-refractivity contribution < 1.29 is 22.7 Å². The van der Waals surface area contributed by atoms with Gasteiger partial charge in [0.15, 0.2) is 0 Å². The van der Waals surface area contributed by atoms with Crippen molar-refractivity contribution in [3.63, 3.8) is 0 Å². The van der Waals surface area contributed by atoms with Crippen molar-refractivity contribution in [2.24, 2.45) is 5.92 Å². The van der Waals surface area contributed by atoms with E-state index in [1.54, 1.807) is 12.1 Å². The average molecular weight is 345 g/mol. The lowest BCUT2D eigenvalue weighted by Gasteiger charge is -2.17. The molecule has 1 saturated heterocycles. The Labute approximate surface area is 138 Å². The molecule has 3 N–H and O–H groups in total. The van der Waals surface area contributed by atoms with Gasteiger partial charge in [0, 0.05) is 12.6 Å². The number of nitrogens with one attached hydrogen (secondary N) is 3. The van der Waals surface area contributed by atoms with Gasteiger partial charge in [-0.05, 0) is 30.4 Å². The number of hydrogen-bond acceptors (Lipinski definition) is 4. The van der Waals surface area contributed by atoms with Crippen molar-refractivity contribution in [1.82, 2.24) is 16.2 Å². The van der Waals surface area contributed by atoms with Crippen molar-refractivity contribution >= 4 is 5.91 Å². The molecular weight excluding hydrogens is 323 g/mol. The van der Waals surface area contributed by atoms with Crippen molar-refractivity contribution in [3.05, 3.63) is 29.8 Å². The van der Waals surface area contributed by atoms with Gasteiger partial charge in [-0.15, -0.1) is 13.2 Å². The fourth-order valence-electron chi connectivity index (χ4n) is 2.84. The van der Waals surface area contributed by atoms with E-state index >= 15 is 0 Å². The van der Waals surface area contributed by atoms with Gasteiger partial charge in [0.1, 0.15) is 11.8 Å². The molecule has 3 unspecified atom stereocenters. The fourth-order valence-corrected chi connectivity index (χ4v) is 2.84. The number of amides is 1. The number of carbonyl (C=O) groups is 1. The average Bonchev–Trinajstić information content (AvgIpc) is 2.88. The second kappa shape index (κ2) is 7.85. The Bertz CT molecular complexity index is 566. The van der Waals surface area contributed by atoms with Crippen molar-refractivity contribution in [2.75, 3.05) is 6.54 Å². The highest BCUT2D eigenvalue weighted by molar-refractivity contribution is 5.82. The van der Waals surface area contributed by atoms with E-state index in [2.05, 4.69) is 20.9 Å². The molecule has 0 saturated carbocycles. The molecule has 0 spiro atoms. The lowest BCUT2D eigenvalue weighted by molar-refractivity contribution is -0.274. The van der Waals surface area contributed by atoms with Gasteiger partial charge in [0.2, 0.25) is 5.91 Å². The van der Waals surface area contributed by atoms with Gasteiger partial charge in [-0.1, -0.05) is 32.0 Å². The maximum absolute atomic E-state index is 12.4. The van der Waals surface area contributed by atoms with E-state index in [9.17, 15) is 18.0 Å². The van der Waals surface area contributed by atoms with Crippen LogP contribution in [0.25, 0.3) is 0 Å². The number of hydrazine groups is 1. The van der Waals surface area contributed by atoms with E-state index in [0.717, 1.165) is 6.42 Å². The topological polar surface area (TPSA) is 62.4 Å². The molecule has 134 valence electrons. The highest BCUT2D eigenvalue weighted by atomic mass is 19.4. The number of alkyl halides is 3. The van der Waals surface area contributed by atoms with Crippen LogP contribution in [0.5, 0.6) is 5.75 Å². The molecule has 1 aromatic carbocycles. The normalized spacial score (nSPS) is 24.0. The molecule has 0 aromatic heterocycles. The van der Waals surface area contributed by atoms with E-state index in [-0.39, 0.29) is 42.6 Å². The standard InChI is InChI=1S/C16H22F3N3O2/c1-3-12-10(2)14(22-21-12)15(23)20-9-8-11-6-4-5-7-13(11)24-16(17,18)19/h4-7,10,12,14,21-22H,3,8-9H2,1-2H3,(H,20,23). The summed E-state index contributed by atoms with van der Waals surface area (Å²) in [5, 5.41) is 2.76. The van der Waals surface area contributed by atoms with Crippen molar-refractivity contribution in [2.45, 2.75) is 45.1 Å². The minimum Gasteiger partial charge on any atom is -0.406 e. The zero-order valence-corrected chi connectivity index (χ0v) is 13.6. The number of halogens is 3. The second-order valence-electron chi connectivity index (χ2n) is 5.84. The first-order valence-corrected chi connectivity index (χ1v) is 7.94.